The molecule has 0 spiro atoms. The number of rotatable bonds is 1. The molecule has 0 amide bonds. The molecule has 0 bridgehead atoms. The van der Waals surface area contributed by atoms with Gasteiger partial charge in [-0.3, -0.25) is 4.99 Å². The monoisotopic (exact) mass is 216 g/mol. The molecule has 1 N–H and O–H groups in total. The smallest absolute Gasteiger partial charge is 0.161 e. The van der Waals surface area contributed by atoms with Crippen LogP contribution in [0.5, 0.6) is 0 Å². The molecule has 0 radical (unpaired) electrons. The van der Waals surface area contributed by atoms with Crippen molar-refractivity contribution in [3.8, 4) is 0 Å². The van der Waals surface area contributed by atoms with Crippen molar-refractivity contribution >= 4 is 16.9 Å². The summed E-state index contributed by atoms with van der Waals surface area (Å²) in [5.41, 5.74) is -0.925. The van der Waals surface area contributed by atoms with Crippen molar-refractivity contribution in [1.29, 1.82) is 0 Å². The highest BCUT2D eigenvalue weighted by molar-refractivity contribution is 8.13. The Labute approximate surface area is 90.6 Å². The third kappa shape index (κ3) is 2.23. The van der Waals surface area contributed by atoms with Crippen molar-refractivity contribution in [2.24, 2.45) is 4.99 Å². The van der Waals surface area contributed by atoms with Gasteiger partial charge in [0.2, 0.25) is 0 Å². The zero-order chi connectivity index (χ0) is 11.0. The Morgan fingerprint density at radius 1 is 1.50 bits per heavy atom. The maximum Gasteiger partial charge on any atom is 0.161 e. The first-order valence-electron chi connectivity index (χ1n) is 4.96. The van der Waals surface area contributed by atoms with Crippen molar-refractivity contribution in [3.63, 3.8) is 0 Å². The fraction of sp³-hybridized carbons (Fsp3) is 0.900. The fourth-order valence-electron chi connectivity index (χ4n) is 2.11. The Bertz CT molecular complexity index is 249. The number of amidine groups is 1. The lowest BCUT2D eigenvalue weighted by molar-refractivity contribution is -0.0759. The van der Waals surface area contributed by atoms with Crippen LogP contribution in [0.1, 0.15) is 34.1 Å². The van der Waals surface area contributed by atoms with E-state index in [1.165, 1.54) is 0 Å². The van der Waals surface area contributed by atoms with Crippen LogP contribution in [0.2, 0.25) is 0 Å². The van der Waals surface area contributed by atoms with Gasteiger partial charge in [0.1, 0.15) is 5.72 Å². The molecule has 82 valence electrons. The molecule has 0 saturated heterocycles. The molecule has 0 aromatic carbocycles. The Hall–Kier alpha value is -0.220. The number of thioether (sulfide) groups is 1. The van der Waals surface area contributed by atoms with Crippen LogP contribution in [0.3, 0.4) is 0 Å². The second-order valence-electron chi connectivity index (χ2n) is 4.55. The Balaban J connectivity index is 3.05. The maximum absolute atomic E-state index is 10.3. The molecule has 0 saturated carbocycles. The Morgan fingerprint density at radius 3 is 2.50 bits per heavy atom. The molecule has 1 rings (SSSR count). The van der Waals surface area contributed by atoms with Gasteiger partial charge in [-0.1, -0.05) is 11.8 Å². The lowest BCUT2D eigenvalue weighted by Crippen LogP contribution is -2.55. The summed E-state index contributed by atoms with van der Waals surface area (Å²) in [6, 6.07) is 0. The van der Waals surface area contributed by atoms with Gasteiger partial charge in [0.05, 0.1) is 5.54 Å². The van der Waals surface area contributed by atoms with E-state index in [-0.39, 0.29) is 5.54 Å². The molecule has 0 fully saturated rings. The summed E-state index contributed by atoms with van der Waals surface area (Å²) >= 11 is 1.60. The second kappa shape index (κ2) is 3.74. The zero-order valence-electron chi connectivity index (χ0n) is 9.66. The van der Waals surface area contributed by atoms with Gasteiger partial charge in [0.15, 0.2) is 5.17 Å². The number of nitrogens with zero attached hydrogens (tertiary/aromatic N) is 2. The molecule has 1 unspecified atom stereocenters. The lowest BCUT2D eigenvalue weighted by atomic mass is 9.92. The lowest BCUT2D eigenvalue weighted by Gasteiger charge is -2.46. The minimum atomic E-state index is -0.766. The van der Waals surface area contributed by atoms with Crippen LogP contribution in [0.15, 0.2) is 4.99 Å². The van der Waals surface area contributed by atoms with Crippen LogP contribution in [0, 0.1) is 0 Å². The molecule has 1 aliphatic heterocycles. The van der Waals surface area contributed by atoms with Gasteiger partial charge >= 0.3 is 0 Å². The summed E-state index contributed by atoms with van der Waals surface area (Å²) in [4.78, 5) is 6.59. The predicted molar refractivity (Wildman–Crippen MR) is 62.6 cm³/mol. The molecular formula is C10H20N2OS. The third-order valence-electron chi connectivity index (χ3n) is 2.48. The average Bonchev–Trinajstić information content (AvgIpc) is 1.99. The highest BCUT2D eigenvalue weighted by Crippen LogP contribution is 2.34. The Kier molecular flexibility index (Phi) is 3.17. The first kappa shape index (κ1) is 11.9. The molecule has 1 aliphatic rings. The Morgan fingerprint density at radius 2 is 2.07 bits per heavy atom. The van der Waals surface area contributed by atoms with Gasteiger partial charge in [-0.15, -0.1) is 0 Å². The summed E-state index contributed by atoms with van der Waals surface area (Å²) in [6.45, 7) is 8.82. The van der Waals surface area contributed by atoms with Crippen LogP contribution in [0.4, 0.5) is 0 Å². The molecule has 1 heterocycles. The summed E-state index contributed by atoms with van der Waals surface area (Å²) in [6.07, 6.45) is 2.68. The zero-order valence-corrected chi connectivity index (χ0v) is 10.5. The molecular weight excluding hydrogens is 196 g/mol. The SMILES string of the molecule is CCN1C(SC)=NC(C)(C)CC1(C)O. The summed E-state index contributed by atoms with van der Waals surface area (Å²) in [7, 11) is 0. The summed E-state index contributed by atoms with van der Waals surface area (Å²) < 4.78 is 0. The second-order valence-corrected chi connectivity index (χ2v) is 5.32. The molecule has 4 heteroatoms. The van der Waals surface area contributed by atoms with Crippen molar-refractivity contribution < 1.29 is 5.11 Å². The third-order valence-corrected chi connectivity index (χ3v) is 3.15. The summed E-state index contributed by atoms with van der Waals surface area (Å²) in [5.74, 6) is 0. The average molecular weight is 216 g/mol. The number of hydrogen-bond donors (Lipinski definition) is 1. The van der Waals surface area contributed by atoms with Gasteiger partial charge in [-0.25, -0.2) is 0 Å². The molecule has 14 heavy (non-hydrogen) atoms. The largest absolute Gasteiger partial charge is 0.371 e. The van der Waals surface area contributed by atoms with Crippen LogP contribution in [-0.4, -0.2) is 39.2 Å². The molecule has 0 aliphatic carbocycles. The molecule has 0 aromatic heterocycles. The number of hydrogen-bond acceptors (Lipinski definition) is 4. The minimum absolute atomic E-state index is 0.159. The van der Waals surface area contributed by atoms with Crippen LogP contribution >= 0.6 is 11.8 Å². The van der Waals surface area contributed by atoms with E-state index in [1.54, 1.807) is 11.8 Å². The standard InChI is InChI=1S/C10H20N2OS/c1-6-12-8(14-5)11-9(2,3)7-10(12,4)13/h13H,6-7H2,1-5H3. The maximum atomic E-state index is 10.3. The normalized spacial score (nSPS) is 31.6. The van der Waals surface area contributed by atoms with E-state index >= 15 is 0 Å². The quantitative estimate of drug-likeness (QED) is 0.727. The van der Waals surface area contributed by atoms with Crippen molar-refractivity contribution in [1.82, 2.24) is 4.90 Å². The first-order valence-corrected chi connectivity index (χ1v) is 6.19. The van der Waals surface area contributed by atoms with Crippen molar-refractivity contribution in [3.05, 3.63) is 0 Å². The molecule has 0 aromatic rings. The minimum Gasteiger partial charge on any atom is -0.371 e. The number of aliphatic imine (C=N–C) groups is 1. The van der Waals surface area contributed by atoms with Crippen LogP contribution in [-0.2, 0) is 0 Å². The van der Waals surface area contributed by atoms with E-state index < -0.39 is 5.72 Å². The highest BCUT2D eigenvalue weighted by atomic mass is 32.2. The van der Waals surface area contributed by atoms with Gasteiger partial charge < -0.3 is 10.0 Å². The van der Waals surface area contributed by atoms with Crippen molar-refractivity contribution in [2.45, 2.75) is 45.4 Å². The van der Waals surface area contributed by atoms with Gasteiger partial charge in [-0.05, 0) is 34.0 Å². The van der Waals surface area contributed by atoms with E-state index in [9.17, 15) is 5.11 Å². The molecule has 3 nitrogen and oxygen atoms in total. The number of aliphatic hydroxyl groups is 1. The first-order chi connectivity index (χ1) is 6.32. The topological polar surface area (TPSA) is 35.8 Å². The predicted octanol–water partition coefficient (Wildman–Crippen LogP) is 1.92. The van der Waals surface area contributed by atoms with Crippen LogP contribution in [0.25, 0.3) is 0 Å². The fourth-order valence-corrected chi connectivity index (χ4v) is 3.00. The van der Waals surface area contributed by atoms with E-state index in [0.717, 1.165) is 11.7 Å². The van der Waals surface area contributed by atoms with E-state index in [0.29, 0.717) is 6.42 Å². The van der Waals surface area contributed by atoms with E-state index in [1.807, 2.05) is 25.0 Å². The van der Waals surface area contributed by atoms with Gasteiger partial charge in [0.25, 0.3) is 0 Å². The van der Waals surface area contributed by atoms with Crippen molar-refractivity contribution in [2.75, 3.05) is 12.8 Å². The van der Waals surface area contributed by atoms with Gasteiger partial charge in [0, 0.05) is 13.0 Å². The molecule has 1 atom stereocenters. The summed E-state index contributed by atoms with van der Waals surface area (Å²) in [5, 5.41) is 11.2. The highest BCUT2D eigenvalue weighted by Gasteiger charge is 2.41. The van der Waals surface area contributed by atoms with E-state index in [2.05, 4.69) is 18.8 Å². The van der Waals surface area contributed by atoms with Gasteiger partial charge in [-0.2, -0.15) is 0 Å². The van der Waals surface area contributed by atoms with E-state index in [4.69, 9.17) is 0 Å². The van der Waals surface area contributed by atoms with Crippen LogP contribution < -0.4 is 0 Å².